The van der Waals surface area contributed by atoms with Gasteiger partial charge in [-0.2, -0.15) is 0 Å². The Morgan fingerprint density at radius 3 is 2.53 bits per heavy atom. The molecule has 2 aromatic heterocycles. The number of hydrogen-bond donors (Lipinski definition) is 1. The molecular formula is C21H17N5O5S. The van der Waals surface area contributed by atoms with Crippen LogP contribution in [-0.2, 0) is 28.9 Å². The predicted octanol–water partition coefficient (Wildman–Crippen LogP) is 0.933. The molecule has 1 N–H and O–H groups in total. The summed E-state index contributed by atoms with van der Waals surface area (Å²) in [5.41, 5.74) is -0.226. The lowest BCUT2D eigenvalue weighted by Crippen LogP contribution is -2.37. The summed E-state index contributed by atoms with van der Waals surface area (Å²) in [6.45, 7) is -0.445. The molecule has 0 aliphatic carbocycles. The summed E-state index contributed by atoms with van der Waals surface area (Å²) in [7, 11) is -1.03. The Bertz CT molecular complexity index is 1680. The van der Waals surface area contributed by atoms with Gasteiger partial charge in [0, 0.05) is 19.5 Å². The minimum Gasteiger partial charge on any atom is -0.323 e. The van der Waals surface area contributed by atoms with E-state index in [2.05, 4.69) is 10.3 Å². The lowest BCUT2D eigenvalue weighted by molar-refractivity contribution is -0.114. The van der Waals surface area contributed by atoms with Crippen molar-refractivity contribution in [1.29, 1.82) is 0 Å². The number of carbonyl (C=O) groups excluding carboxylic acids is 1. The average molecular weight is 451 g/mol. The predicted molar refractivity (Wildman–Crippen MR) is 119 cm³/mol. The van der Waals surface area contributed by atoms with Gasteiger partial charge in [0.2, 0.25) is 5.91 Å². The molecular weight excluding hydrogens is 434 g/mol. The van der Waals surface area contributed by atoms with E-state index in [1.54, 1.807) is 18.2 Å². The Kier molecular flexibility index (Phi) is 4.21. The molecule has 32 heavy (non-hydrogen) atoms. The van der Waals surface area contributed by atoms with Crippen LogP contribution in [0.2, 0.25) is 0 Å². The van der Waals surface area contributed by atoms with E-state index >= 15 is 0 Å². The number of nitrogens with one attached hydrogen (secondary N) is 1. The first-order chi connectivity index (χ1) is 15.2. The van der Waals surface area contributed by atoms with Crippen LogP contribution in [0.1, 0.15) is 0 Å². The fourth-order valence-corrected chi connectivity index (χ4v) is 5.66. The molecule has 0 bridgehead atoms. The molecule has 0 atom stereocenters. The third kappa shape index (κ3) is 2.74. The summed E-state index contributed by atoms with van der Waals surface area (Å²) in [5, 5.41) is 4.10. The number of pyridine rings is 1. The maximum absolute atomic E-state index is 13.0. The third-order valence-corrected chi connectivity index (χ3v) is 7.35. The monoisotopic (exact) mass is 451 g/mol. The van der Waals surface area contributed by atoms with Crippen LogP contribution in [0.4, 0.5) is 11.4 Å². The van der Waals surface area contributed by atoms with Crippen LogP contribution < -0.4 is 20.9 Å². The van der Waals surface area contributed by atoms with Crippen molar-refractivity contribution in [3.63, 3.8) is 0 Å². The fourth-order valence-electron chi connectivity index (χ4n) is 3.99. The van der Waals surface area contributed by atoms with E-state index in [9.17, 15) is 22.8 Å². The molecule has 10 nitrogen and oxygen atoms in total. The number of aryl methyl sites for hydroxylation is 1. The molecule has 0 unspecified atom stereocenters. The summed E-state index contributed by atoms with van der Waals surface area (Å²) in [6, 6.07) is 11.6. The van der Waals surface area contributed by atoms with Gasteiger partial charge < -0.3 is 5.32 Å². The zero-order valence-electron chi connectivity index (χ0n) is 17.1. The highest BCUT2D eigenvalue weighted by molar-refractivity contribution is 7.93. The number of carbonyl (C=O) groups is 1. The van der Waals surface area contributed by atoms with E-state index < -0.39 is 33.7 Å². The number of hydrogen-bond acceptors (Lipinski definition) is 6. The highest BCUT2D eigenvalue weighted by Gasteiger charge is 2.36. The molecule has 0 spiro atoms. The van der Waals surface area contributed by atoms with Crippen molar-refractivity contribution >= 4 is 49.1 Å². The standard InChI is InChI=1S/C21H17N5O5S/c1-24-19-14(20(28)25(2)21(24)29)9-13(10-22-19)23-17(27)11-26-15-7-3-5-12-6-4-8-16(18(12)15)32(26,30)31/h3-10H,11H2,1-2H3,(H,23,27). The quantitative estimate of drug-likeness (QED) is 0.494. The van der Waals surface area contributed by atoms with Gasteiger partial charge in [0.1, 0.15) is 12.2 Å². The number of fused-ring (bicyclic) bond motifs is 1. The van der Waals surface area contributed by atoms with Crippen molar-refractivity contribution in [3.8, 4) is 0 Å². The highest BCUT2D eigenvalue weighted by Crippen LogP contribution is 2.41. The van der Waals surface area contributed by atoms with Crippen molar-refractivity contribution in [2.75, 3.05) is 16.2 Å². The van der Waals surface area contributed by atoms with Crippen LogP contribution in [0, 0.1) is 0 Å². The molecule has 162 valence electrons. The minimum atomic E-state index is -3.88. The highest BCUT2D eigenvalue weighted by atomic mass is 32.2. The maximum atomic E-state index is 13.0. The number of nitrogens with zero attached hydrogens (tertiary/aromatic N) is 4. The molecule has 3 heterocycles. The summed E-state index contributed by atoms with van der Waals surface area (Å²) in [6.07, 6.45) is 1.31. The van der Waals surface area contributed by atoms with Crippen LogP contribution in [0.15, 0.2) is 63.1 Å². The van der Waals surface area contributed by atoms with E-state index in [0.29, 0.717) is 11.1 Å². The molecule has 0 saturated carbocycles. The van der Waals surface area contributed by atoms with Gasteiger partial charge in [0.15, 0.2) is 0 Å². The molecule has 1 aliphatic rings. The van der Waals surface area contributed by atoms with Gasteiger partial charge in [-0.05, 0) is 23.6 Å². The summed E-state index contributed by atoms with van der Waals surface area (Å²) in [4.78, 5) is 41.5. The van der Waals surface area contributed by atoms with Crippen LogP contribution in [0.5, 0.6) is 0 Å². The van der Waals surface area contributed by atoms with Crippen molar-refractivity contribution in [1.82, 2.24) is 14.1 Å². The van der Waals surface area contributed by atoms with Gasteiger partial charge in [0.05, 0.1) is 27.9 Å². The number of benzene rings is 2. The Morgan fingerprint density at radius 2 is 1.78 bits per heavy atom. The first-order valence-electron chi connectivity index (χ1n) is 9.60. The van der Waals surface area contributed by atoms with E-state index in [4.69, 9.17) is 0 Å². The Labute approximate surface area is 181 Å². The summed E-state index contributed by atoms with van der Waals surface area (Å²) < 4.78 is 29.3. The zero-order valence-corrected chi connectivity index (χ0v) is 17.9. The largest absolute Gasteiger partial charge is 0.332 e. The maximum Gasteiger partial charge on any atom is 0.332 e. The van der Waals surface area contributed by atoms with Crippen molar-refractivity contribution < 1.29 is 13.2 Å². The molecule has 0 fully saturated rings. The second-order valence-corrected chi connectivity index (χ2v) is 9.32. The van der Waals surface area contributed by atoms with Crippen LogP contribution >= 0.6 is 0 Å². The smallest absolute Gasteiger partial charge is 0.323 e. The number of aromatic nitrogens is 3. The molecule has 1 aliphatic heterocycles. The second kappa shape index (κ2) is 6.76. The molecule has 0 saturated heterocycles. The molecule has 2 aromatic carbocycles. The average Bonchev–Trinajstić information content (AvgIpc) is 2.99. The fraction of sp³-hybridized carbons (Fsp3) is 0.143. The van der Waals surface area contributed by atoms with E-state index in [0.717, 1.165) is 14.3 Å². The number of amides is 1. The molecule has 11 heteroatoms. The van der Waals surface area contributed by atoms with Crippen LogP contribution in [0.3, 0.4) is 0 Å². The Morgan fingerprint density at radius 1 is 1.06 bits per heavy atom. The summed E-state index contributed by atoms with van der Waals surface area (Å²) in [5.74, 6) is -0.596. The normalized spacial score (nSPS) is 14.2. The van der Waals surface area contributed by atoms with E-state index in [1.165, 1.54) is 37.0 Å². The second-order valence-electron chi connectivity index (χ2n) is 7.49. The SMILES string of the molecule is Cn1c(=O)c2cc(NC(=O)CN3c4cccc5cccc(c45)S3(=O)=O)cnc2n(C)c1=O. The first-order valence-corrected chi connectivity index (χ1v) is 11.0. The van der Waals surface area contributed by atoms with Crippen molar-refractivity contribution in [3.05, 3.63) is 69.5 Å². The van der Waals surface area contributed by atoms with Crippen LogP contribution in [-0.4, -0.2) is 35.0 Å². The van der Waals surface area contributed by atoms with Gasteiger partial charge in [-0.15, -0.1) is 0 Å². The Hall–Kier alpha value is -3.99. The first kappa shape index (κ1) is 19.9. The number of anilines is 2. The topological polar surface area (TPSA) is 123 Å². The molecule has 4 aromatic rings. The van der Waals surface area contributed by atoms with Gasteiger partial charge >= 0.3 is 5.69 Å². The van der Waals surface area contributed by atoms with E-state index in [1.807, 2.05) is 12.1 Å². The van der Waals surface area contributed by atoms with E-state index in [-0.39, 0.29) is 21.6 Å². The zero-order chi connectivity index (χ0) is 22.8. The third-order valence-electron chi connectivity index (χ3n) is 5.55. The van der Waals surface area contributed by atoms with Gasteiger partial charge in [-0.25, -0.2) is 18.2 Å². The van der Waals surface area contributed by atoms with Crippen molar-refractivity contribution in [2.24, 2.45) is 14.1 Å². The summed E-state index contributed by atoms with van der Waals surface area (Å²) >= 11 is 0. The molecule has 0 radical (unpaired) electrons. The van der Waals surface area contributed by atoms with Gasteiger partial charge in [0.25, 0.3) is 15.6 Å². The number of rotatable bonds is 3. The van der Waals surface area contributed by atoms with Gasteiger partial charge in [-0.1, -0.05) is 24.3 Å². The molecule has 1 amide bonds. The lowest BCUT2D eigenvalue weighted by atomic mass is 10.1. The minimum absolute atomic E-state index is 0.151. The van der Waals surface area contributed by atoms with Crippen LogP contribution in [0.25, 0.3) is 21.8 Å². The van der Waals surface area contributed by atoms with Crippen molar-refractivity contribution in [2.45, 2.75) is 4.90 Å². The van der Waals surface area contributed by atoms with Gasteiger partial charge in [-0.3, -0.25) is 23.0 Å². The lowest BCUT2D eigenvalue weighted by Gasteiger charge is -2.18. The molecule has 5 rings (SSSR count). The number of sulfonamides is 1. The Balaban J connectivity index is 1.48.